The molecule has 1 saturated heterocycles. The number of rotatable bonds is 8. The lowest BCUT2D eigenvalue weighted by Gasteiger charge is -2.33. The van der Waals surface area contributed by atoms with Gasteiger partial charge in [-0.2, -0.15) is 5.10 Å². The fraction of sp³-hybridized carbons (Fsp3) is 0.500. The minimum Gasteiger partial charge on any atom is -0.387 e. The molecule has 0 bridgehead atoms. The molecule has 2 atom stereocenters. The van der Waals surface area contributed by atoms with E-state index in [2.05, 4.69) is 26.1 Å². The normalized spacial score (nSPS) is 21.3. The second-order valence-electron chi connectivity index (χ2n) is 6.79. The van der Waals surface area contributed by atoms with Crippen molar-refractivity contribution in [2.24, 2.45) is 5.10 Å². The Kier molecular flexibility index (Phi) is 9.57. The monoisotopic (exact) mass is 507 g/mol. The Hall–Kier alpha value is -1.21. The van der Waals surface area contributed by atoms with Gasteiger partial charge in [-0.1, -0.05) is 29.3 Å². The molecule has 2 aliphatic rings. The average Bonchev–Trinajstić information content (AvgIpc) is 3.21. The molecule has 2 amide bonds. The summed E-state index contributed by atoms with van der Waals surface area (Å²) < 4.78 is 5.59. The standard InChI is InChI=1S/C18H23Cl2N5O4S2/c19-13-2-1-11(5-14(13)20)7-25-3-4-29-12(8-25)6-21-16(28)10-30-18-24-23-17(31-18)22-15(27)9-26/h1-2,5,12,18,24,26H,3-4,6-10H2,(H,21,28)(H,22,23,27)/t12-,18?/m0/s1. The van der Waals surface area contributed by atoms with Crippen LogP contribution in [0.25, 0.3) is 0 Å². The molecular weight excluding hydrogens is 485 g/mol. The van der Waals surface area contributed by atoms with E-state index in [1.54, 1.807) is 6.07 Å². The lowest BCUT2D eigenvalue weighted by Crippen LogP contribution is -2.47. The van der Waals surface area contributed by atoms with E-state index in [4.69, 9.17) is 33.0 Å². The van der Waals surface area contributed by atoms with Crippen LogP contribution in [0.5, 0.6) is 0 Å². The van der Waals surface area contributed by atoms with Gasteiger partial charge in [0.1, 0.15) is 11.3 Å². The van der Waals surface area contributed by atoms with Crippen LogP contribution >= 0.6 is 46.7 Å². The van der Waals surface area contributed by atoms with Crippen molar-refractivity contribution >= 4 is 63.7 Å². The van der Waals surface area contributed by atoms with E-state index in [0.29, 0.717) is 34.9 Å². The highest BCUT2D eigenvalue weighted by Crippen LogP contribution is 2.26. The minimum atomic E-state index is -0.603. The highest BCUT2D eigenvalue weighted by molar-refractivity contribution is 8.25. The Morgan fingerprint density at radius 3 is 2.97 bits per heavy atom. The van der Waals surface area contributed by atoms with Crippen molar-refractivity contribution in [2.75, 3.05) is 38.6 Å². The number of carbonyl (C=O) groups excluding carboxylic acids is 2. The second kappa shape index (κ2) is 12.1. The van der Waals surface area contributed by atoms with Crippen molar-refractivity contribution in [3.63, 3.8) is 0 Å². The molecule has 0 aliphatic carbocycles. The zero-order chi connectivity index (χ0) is 22.2. The number of hydrogen-bond donors (Lipinski definition) is 4. The number of morpholine rings is 1. The van der Waals surface area contributed by atoms with E-state index in [1.165, 1.54) is 23.5 Å². The molecule has 1 aromatic carbocycles. The largest absolute Gasteiger partial charge is 0.387 e. The lowest BCUT2D eigenvalue weighted by atomic mass is 10.2. The maximum Gasteiger partial charge on any atom is 0.251 e. The Bertz CT molecular complexity index is 832. The van der Waals surface area contributed by atoms with Gasteiger partial charge in [-0.15, -0.1) is 11.8 Å². The van der Waals surface area contributed by atoms with E-state index >= 15 is 0 Å². The fourth-order valence-corrected chi connectivity index (χ4v) is 5.12. The summed E-state index contributed by atoms with van der Waals surface area (Å²) in [5, 5.41) is 19.5. The third-order valence-corrected chi connectivity index (χ3v) is 7.39. The van der Waals surface area contributed by atoms with Crippen LogP contribution in [0, 0.1) is 0 Å². The van der Waals surface area contributed by atoms with Crippen molar-refractivity contribution < 1.29 is 19.4 Å². The van der Waals surface area contributed by atoms with E-state index in [0.717, 1.165) is 18.7 Å². The minimum absolute atomic E-state index is 0.0897. The number of nitrogens with one attached hydrogen (secondary N) is 3. The molecule has 31 heavy (non-hydrogen) atoms. The van der Waals surface area contributed by atoms with Crippen molar-refractivity contribution in [1.82, 2.24) is 21.0 Å². The van der Waals surface area contributed by atoms with Gasteiger partial charge in [0.15, 0.2) is 5.17 Å². The summed E-state index contributed by atoms with van der Waals surface area (Å²) in [6.07, 6.45) is -0.0897. The molecule has 4 N–H and O–H groups in total. The SMILES string of the molecule is O=C(CSC1NN=C(NC(=O)CO)S1)NC[C@H]1CN(Cc2ccc(Cl)c(Cl)c2)CCO1. The van der Waals surface area contributed by atoms with Gasteiger partial charge in [0.25, 0.3) is 5.91 Å². The summed E-state index contributed by atoms with van der Waals surface area (Å²) in [6, 6.07) is 5.62. The molecule has 2 aliphatic heterocycles. The van der Waals surface area contributed by atoms with Crippen LogP contribution in [0.3, 0.4) is 0 Å². The molecule has 0 spiro atoms. The number of hydrazone groups is 1. The molecule has 13 heteroatoms. The van der Waals surface area contributed by atoms with Crippen LogP contribution in [0.1, 0.15) is 5.56 Å². The Morgan fingerprint density at radius 2 is 2.19 bits per heavy atom. The van der Waals surface area contributed by atoms with Gasteiger partial charge >= 0.3 is 0 Å². The van der Waals surface area contributed by atoms with E-state index in [9.17, 15) is 9.59 Å². The third kappa shape index (κ3) is 8.01. The first-order chi connectivity index (χ1) is 14.9. The molecule has 1 fully saturated rings. The quantitative estimate of drug-likeness (QED) is 0.412. The molecule has 1 unspecified atom stereocenters. The summed E-state index contributed by atoms with van der Waals surface area (Å²) >= 11 is 14.7. The predicted octanol–water partition coefficient (Wildman–Crippen LogP) is 1.04. The van der Waals surface area contributed by atoms with Crippen molar-refractivity contribution in [2.45, 2.75) is 17.4 Å². The van der Waals surface area contributed by atoms with Crippen LogP contribution in [-0.2, 0) is 20.9 Å². The summed E-state index contributed by atoms with van der Waals surface area (Å²) in [5.74, 6) is -0.399. The average molecular weight is 508 g/mol. The number of aliphatic hydroxyl groups excluding tert-OH is 1. The van der Waals surface area contributed by atoms with Crippen LogP contribution in [0.15, 0.2) is 23.3 Å². The molecule has 170 valence electrons. The second-order valence-corrected chi connectivity index (χ2v) is 10.1. The molecule has 9 nitrogen and oxygen atoms in total. The Morgan fingerprint density at radius 1 is 1.35 bits per heavy atom. The summed E-state index contributed by atoms with van der Waals surface area (Å²) in [7, 11) is 0. The number of ether oxygens (including phenoxy) is 1. The fourth-order valence-electron chi connectivity index (χ4n) is 2.93. The summed E-state index contributed by atoms with van der Waals surface area (Å²) in [4.78, 5) is 25.6. The topological polar surface area (TPSA) is 115 Å². The van der Waals surface area contributed by atoms with Gasteiger partial charge in [-0.25, -0.2) is 0 Å². The first-order valence-corrected chi connectivity index (χ1v) is 12.2. The van der Waals surface area contributed by atoms with Crippen LogP contribution in [0.4, 0.5) is 0 Å². The number of aliphatic hydroxyl groups is 1. The van der Waals surface area contributed by atoms with Gasteiger partial charge in [0, 0.05) is 26.2 Å². The lowest BCUT2D eigenvalue weighted by molar-refractivity contribution is -0.122. The first-order valence-electron chi connectivity index (χ1n) is 9.49. The van der Waals surface area contributed by atoms with Gasteiger partial charge in [0.05, 0.1) is 28.5 Å². The smallest absolute Gasteiger partial charge is 0.251 e. The molecule has 0 saturated carbocycles. The number of thioether (sulfide) groups is 2. The number of amidine groups is 1. The Balaban J connectivity index is 1.33. The van der Waals surface area contributed by atoms with Gasteiger partial charge in [-0.3, -0.25) is 19.9 Å². The Labute approximate surface area is 198 Å². The van der Waals surface area contributed by atoms with Crippen LogP contribution in [-0.4, -0.2) is 76.4 Å². The number of amides is 2. The molecule has 0 aromatic heterocycles. The van der Waals surface area contributed by atoms with E-state index < -0.39 is 12.5 Å². The van der Waals surface area contributed by atoms with Gasteiger partial charge in [0.2, 0.25) is 5.91 Å². The van der Waals surface area contributed by atoms with Crippen molar-refractivity contribution in [3.8, 4) is 0 Å². The van der Waals surface area contributed by atoms with E-state index in [-0.39, 0.29) is 22.5 Å². The molecular formula is C18H23Cl2N5O4S2. The number of nitrogens with zero attached hydrogens (tertiary/aromatic N) is 2. The van der Waals surface area contributed by atoms with Gasteiger partial charge in [-0.05, 0) is 29.5 Å². The predicted molar refractivity (Wildman–Crippen MR) is 124 cm³/mol. The zero-order valence-electron chi connectivity index (χ0n) is 16.5. The first kappa shape index (κ1) is 24.4. The summed E-state index contributed by atoms with van der Waals surface area (Å²) in [6.45, 7) is 2.67. The number of carbonyl (C=O) groups is 2. The molecule has 0 radical (unpaired) electrons. The number of halogens is 2. The maximum atomic E-state index is 12.2. The molecule has 2 heterocycles. The number of benzene rings is 1. The zero-order valence-corrected chi connectivity index (χ0v) is 19.6. The van der Waals surface area contributed by atoms with Crippen LogP contribution < -0.4 is 16.1 Å². The molecule has 1 aromatic rings. The number of hydrogen-bond acceptors (Lipinski definition) is 9. The van der Waals surface area contributed by atoms with Crippen molar-refractivity contribution in [3.05, 3.63) is 33.8 Å². The highest BCUT2D eigenvalue weighted by Gasteiger charge is 2.24. The van der Waals surface area contributed by atoms with Crippen molar-refractivity contribution in [1.29, 1.82) is 0 Å². The maximum absolute atomic E-state index is 12.2. The molecule has 3 rings (SSSR count). The van der Waals surface area contributed by atoms with E-state index in [1.807, 2.05) is 12.1 Å². The van der Waals surface area contributed by atoms with Crippen LogP contribution in [0.2, 0.25) is 10.0 Å². The summed E-state index contributed by atoms with van der Waals surface area (Å²) in [5.41, 5.74) is 3.90. The highest BCUT2D eigenvalue weighted by atomic mass is 35.5. The van der Waals surface area contributed by atoms with Gasteiger partial charge < -0.3 is 20.5 Å². The third-order valence-electron chi connectivity index (χ3n) is 4.39.